The Bertz CT molecular complexity index is 1340. The second-order valence-electron chi connectivity index (χ2n) is 9.52. The molecule has 1 aliphatic rings. The second-order valence-corrected chi connectivity index (χ2v) is 9.52. The molecule has 15 heteroatoms. The van der Waals surface area contributed by atoms with Gasteiger partial charge in [-0.05, 0) is 32.6 Å². The molecule has 0 radical (unpaired) electrons. The van der Waals surface area contributed by atoms with Gasteiger partial charge in [0.15, 0.2) is 17.5 Å². The van der Waals surface area contributed by atoms with Crippen LogP contribution < -0.4 is 20.6 Å². The van der Waals surface area contributed by atoms with Gasteiger partial charge in [0.1, 0.15) is 5.69 Å². The van der Waals surface area contributed by atoms with Gasteiger partial charge in [-0.25, -0.2) is 15.4 Å². The number of carbonyl (C=O) groups excluding carboxylic acids is 2. The maximum absolute atomic E-state index is 12.5. The first kappa shape index (κ1) is 32.9. The van der Waals surface area contributed by atoms with Gasteiger partial charge in [0, 0.05) is 63.3 Å². The number of benzene rings is 1. The first-order valence-corrected chi connectivity index (χ1v) is 13.5. The number of ether oxygens (including phenoxy) is 1. The van der Waals surface area contributed by atoms with Crippen molar-refractivity contribution >= 4 is 48.8 Å². The summed E-state index contributed by atoms with van der Waals surface area (Å²) in [4.78, 5) is 52.0. The molecule has 0 spiro atoms. The summed E-state index contributed by atoms with van der Waals surface area (Å²) in [5, 5.41) is 20.6. The number of hydroxylamine groups is 1. The lowest BCUT2D eigenvalue weighted by Crippen LogP contribution is -2.37. The molecule has 230 valence electrons. The Balaban J connectivity index is 1.88. The summed E-state index contributed by atoms with van der Waals surface area (Å²) in [6.07, 6.45) is 2.51. The Morgan fingerprint density at radius 1 is 1.19 bits per heavy atom. The Labute approximate surface area is 250 Å². The molecule has 2 amide bonds. The Hall–Kier alpha value is -4.57. The molecule has 4 N–H and O–H groups in total. The number of nitrogens with one attached hydrogen (secondary N) is 2. The normalized spacial score (nSPS) is 13.7. The number of aromatic nitrogens is 2. The number of morpholine rings is 1. The molecule has 0 atom stereocenters. The quantitative estimate of drug-likeness (QED) is 0.0983. The zero-order valence-electron chi connectivity index (χ0n) is 24.4. The van der Waals surface area contributed by atoms with Gasteiger partial charge in [-0.3, -0.25) is 34.7 Å². The molecule has 43 heavy (non-hydrogen) atoms. The summed E-state index contributed by atoms with van der Waals surface area (Å²) in [6, 6.07) is 6.99. The molecule has 1 saturated heterocycles. The molecule has 1 aromatic carbocycles. The predicted molar refractivity (Wildman–Crippen MR) is 166 cm³/mol. The fourth-order valence-corrected chi connectivity index (χ4v) is 4.12. The zero-order valence-corrected chi connectivity index (χ0v) is 24.4. The number of aliphatic imine (C=N–C) groups is 3. The van der Waals surface area contributed by atoms with Gasteiger partial charge in [-0.2, -0.15) is 0 Å². The van der Waals surface area contributed by atoms with Gasteiger partial charge in [-0.1, -0.05) is 12.1 Å². The van der Waals surface area contributed by atoms with Crippen LogP contribution in [0.5, 0.6) is 0 Å². The third-order valence-corrected chi connectivity index (χ3v) is 6.42. The van der Waals surface area contributed by atoms with Crippen LogP contribution in [0, 0.1) is 0 Å². The minimum absolute atomic E-state index is 0.0591. The van der Waals surface area contributed by atoms with Crippen LogP contribution >= 0.6 is 0 Å². The average molecular weight is 595 g/mol. The highest BCUT2D eigenvalue weighted by molar-refractivity contribution is 6.11. The van der Waals surface area contributed by atoms with Crippen molar-refractivity contribution in [2.24, 2.45) is 15.0 Å². The van der Waals surface area contributed by atoms with Crippen LogP contribution in [-0.4, -0.2) is 130 Å². The SMILES string of the molecule is C=N/C=C(\C=N/CN(C)CCN(C)c1nc(-c2cccc(C(=O)NCCO)c2)nc(N2CCOCC2)c1N=C)C(=O)NO. The molecule has 0 unspecified atom stereocenters. The van der Waals surface area contributed by atoms with Gasteiger partial charge in [0.05, 0.1) is 32.1 Å². The van der Waals surface area contributed by atoms with Crippen LogP contribution in [0.3, 0.4) is 0 Å². The van der Waals surface area contributed by atoms with Crippen LogP contribution in [0.1, 0.15) is 10.4 Å². The maximum atomic E-state index is 12.5. The highest BCUT2D eigenvalue weighted by Crippen LogP contribution is 2.37. The van der Waals surface area contributed by atoms with E-state index in [2.05, 4.69) is 38.6 Å². The highest BCUT2D eigenvalue weighted by atomic mass is 16.5. The maximum Gasteiger partial charge on any atom is 0.277 e. The molecule has 1 aromatic heterocycles. The largest absolute Gasteiger partial charge is 0.395 e. The van der Waals surface area contributed by atoms with E-state index in [-0.39, 0.29) is 31.3 Å². The second kappa shape index (κ2) is 16.8. The lowest BCUT2D eigenvalue weighted by molar-refractivity contribution is -0.124. The highest BCUT2D eigenvalue weighted by Gasteiger charge is 2.24. The Morgan fingerprint density at radius 2 is 1.95 bits per heavy atom. The lowest BCUT2D eigenvalue weighted by atomic mass is 10.1. The molecular weight excluding hydrogens is 556 g/mol. The van der Waals surface area contributed by atoms with Crippen molar-refractivity contribution in [2.45, 2.75) is 0 Å². The molecule has 0 saturated carbocycles. The first-order chi connectivity index (χ1) is 20.8. The summed E-state index contributed by atoms with van der Waals surface area (Å²) >= 11 is 0. The minimum Gasteiger partial charge on any atom is -0.395 e. The molecule has 3 rings (SSSR count). The first-order valence-electron chi connectivity index (χ1n) is 13.5. The van der Waals surface area contributed by atoms with E-state index in [9.17, 15) is 9.59 Å². The van der Waals surface area contributed by atoms with Crippen molar-refractivity contribution < 1.29 is 24.6 Å². The summed E-state index contributed by atoms with van der Waals surface area (Å²) in [7, 11) is 3.76. The molecule has 1 aliphatic heterocycles. The van der Waals surface area contributed by atoms with Crippen LogP contribution in [0.25, 0.3) is 11.4 Å². The third kappa shape index (κ3) is 9.21. The molecule has 2 heterocycles. The molecule has 1 fully saturated rings. The van der Waals surface area contributed by atoms with E-state index >= 15 is 0 Å². The smallest absolute Gasteiger partial charge is 0.277 e. The van der Waals surface area contributed by atoms with Gasteiger partial charge < -0.3 is 25.0 Å². The average Bonchev–Trinajstić information content (AvgIpc) is 3.05. The van der Waals surface area contributed by atoms with Crippen LogP contribution in [-0.2, 0) is 9.53 Å². The number of amides is 2. The monoisotopic (exact) mass is 594 g/mol. The predicted octanol–water partition coefficient (Wildman–Crippen LogP) is 0.521. The van der Waals surface area contributed by atoms with E-state index in [0.717, 1.165) is 0 Å². The molecule has 0 aliphatic carbocycles. The number of likely N-dealkylation sites (N-methyl/N-ethyl adjacent to an activating group) is 2. The molecule has 15 nitrogen and oxygen atoms in total. The van der Waals surface area contributed by atoms with Crippen molar-refractivity contribution in [3.63, 3.8) is 0 Å². The topological polar surface area (TPSA) is 180 Å². The zero-order chi connectivity index (χ0) is 31.2. The number of hydrogen-bond acceptors (Lipinski definition) is 13. The van der Waals surface area contributed by atoms with E-state index < -0.39 is 5.91 Å². The summed E-state index contributed by atoms with van der Waals surface area (Å²) < 4.78 is 5.54. The number of anilines is 2. The van der Waals surface area contributed by atoms with Gasteiger partial charge in [-0.15, -0.1) is 0 Å². The standard InChI is InChI=1S/C28H38N10O5/c1-29-17-22(28(41)35-42)18-31-19-36(3)9-10-37(4)25-23(30-2)26(38-11-14-43-15-12-38)34-24(33-25)20-6-5-7-21(16-20)27(40)32-8-13-39/h5-7,16-18,39,42H,1-2,8-15,19H2,3-4H3,(H,32,40)(H,35,41)/b22-17+,31-18-. The van der Waals surface area contributed by atoms with Crippen molar-refractivity contribution in [3.8, 4) is 11.4 Å². The number of aliphatic hydroxyl groups excluding tert-OH is 1. The summed E-state index contributed by atoms with van der Waals surface area (Å²) in [5.74, 6) is 0.556. The van der Waals surface area contributed by atoms with Crippen LogP contribution in [0.2, 0.25) is 0 Å². The van der Waals surface area contributed by atoms with Crippen molar-refractivity contribution in [1.29, 1.82) is 0 Å². The van der Waals surface area contributed by atoms with Gasteiger partial charge >= 0.3 is 0 Å². The number of aliphatic hydroxyl groups is 1. The number of rotatable bonds is 15. The van der Waals surface area contributed by atoms with Crippen LogP contribution in [0.15, 0.2) is 51.0 Å². The molecule has 2 aromatic rings. The van der Waals surface area contributed by atoms with E-state index in [1.54, 1.807) is 23.7 Å². The van der Waals surface area contributed by atoms with E-state index in [4.69, 9.17) is 25.0 Å². The van der Waals surface area contributed by atoms with Crippen molar-refractivity contribution in [1.82, 2.24) is 25.7 Å². The Morgan fingerprint density at radius 3 is 2.63 bits per heavy atom. The van der Waals surface area contributed by atoms with E-state index in [1.165, 1.54) is 12.4 Å². The number of nitrogens with zero attached hydrogens (tertiary/aromatic N) is 8. The summed E-state index contributed by atoms with van der Waals surface area (Å²) in [5.41, 5.74) is 3.21. The lowest BCUT2D eigenvalue weighted by Gasteiger charge is -2.31. The number of hydrogen-bond donors (Lipinski definition) is 4. The summed E-state index contributed by atoms with van der Waals surface area (Å²) in [6.45, 7) is 10.8. The van der Waals surface area contributed by atoms with Crippen molar-refractivity contribution in [3.05, 3.63) is 41.6 Å². The number of carbonyl (C=O) groups is 2. The molecule has 0 bridgehead atoms. The van der Waals surface area contributed by atoms with Crippen molar-refractivity contribution in [2.75, 3.05) is 83.1 Å². The Kier molecular flexibility index (Phi) is 12.8. The van der Waals surface area contributed by atoms with E-state index in [0.29, 0.717) is 73.7 Å². The van der Waals surface area contributed by atoms with Gasteiger partial charge in [0.25, 0.3) is 11.8 Å². The minimum atomic E-state index is -0.741. The van der Waals surface area contributed by atoms with Crippen LogP contribution in [0.4, 0.5) is 17.3 Å². The fraction of sp³-hybridized carbons (Fsp3) is 0.393. The third-order valence-electron chi connectivity index (χ3n) is 6.42. The fourth-order valence-electron chi connectivity index (χ4n) is 4.12. The molecular formula is C28H38N10O5. The van der Waals surface area contributed by atoms with E-state index in [1.807, 2.05) is 30.0 Å². The van der Waals surface area contributed by atoms with Gasteiger partial charge in [0.2, 0.25) is 0 Å².